The van der Waals surface area contributed by atoms with E-state index < -0.39 is 23.4 Å². The zero-order valence-electron chi connectivity index (χ0n) is 22.4. The van der Waals surface area contributed by atoms with Gasteiger partial charge in [-0.3, -0.25) is 0 Å². The first-order valence-corrected chi connectivity index (χ1v) is 14.4. The van der Waals surface area contributed by atoms with Crippen LogP contribution in [0.5, 0.6) is 0 Å². The molecule has 0 N–H and O–H groups in total. The standard InChI is InChI=1S/C33H39F5/c1-2-3-4-23-7-13-26(14-8-23)27-15-9-24(10-16-27)5-6-25-11-17-28(18-12-25)29-21-31(34)30(32(35)22-29)19-20-33(36,37)38/h11-12,17-18,21-24,26-27H,2-10,13-16H2,1H3. The molecule has 2 saturated carbocycles. The van der Waals surface area contributed by atoms with E-state index >= 15 is 0 Å². The van der Waals surface area contributed by atoms with Crippen LogP contribution in [0.3, 0.4) is 0 Å². The van der Waals surface area contributed by atoms with Gasteiger partial charge < -0.3 is 0 Å². The quantitative estimate of drug-likeness (QED) is 0.235. The molecule has 2 fully saturated rings. The van der Waals surface area contributed by atoms with E-state index in [4.69, 9.17) is 0 Å². The summed E-state index contributed by atoms with van der Waals surface area (Å²) in [5, 5.41) is 0. The SMILES string of the molecule is CCCCC1CCC(C2CCC(CCc3ccc(-c4cc(F)c(C#CC(F)(F)F)c(F)c4)cc3)CC2)CC1. The van der Waals surface area contributed by atoms with Crippen LogP contribution in [-0.4, -0.2) is 6.18 Å². The van der Waals surface area contributed by atoms with Gasteiger partial charge in [-0.25, -0.2) is 8.78 Å². The molecular weight excluding hydrogens is 491 g/mol. The van der Waals surface area contributed by atoms with Crippen LogP contribution in [-0.2, 0) is 6.42 Å². The summed E-state index contributed by atoms with van der Waals surface area (Å²) in [5.41, 5.74) is 1.22. The zero-order chi connectivity index (χ0) is 27.1. The van der Waals surface area contributed by atoms with Crippen molar-refractivity contribution in [2.75, 3.05) is 0 Å². The van der Waals surface area contributed by atoms with Gasteiger partial charge in [-0.2, -0.15) is 13.2 Å². The van der Waals surface area contributed by atoms with Crippen molar-refractivity contribution in [3.63, 3.8) is 0 Å². The Bertz CT molecular complexity index is 1070. The average molecular weight is 531 g/mol. The largest absolute Gasteiger partial charge is 0.458 e. The predicted octanol–water partition coefficient (Wildman–Crippen LogP) is 10.3. The fourth-order valence-corrected chi connectivity index (χ4v) is 6.62. The molecule has 0 spiro atoms. The highest BCUT2D eigenvalue weighted by molar-refractivity contribution is 5.65. The van der Waals surface area contributed by atoms with Crippen LogP contribution in [0, 0.1) is 47.1 Å². The lowest BCUT2D eigenvalue weighted by molar-refractivity contribution is -0.0696. The zero-order valence-corrected chi connectivity index (χ0v) is 22.4. The van der Waals surface area contributed by atoms with E-state index in [1.807, 2.05) is 24.3 Å². The van der Waals surface area contributed by atoms with Gasteiger partial charge >= 0.3 is 6.18 Å². The van der Waals surface area contributed by atoms with Crippen LogP contribution in [0.2, 0.25) is 0 Å². The molecule has 0 unspecified atom stereocenters. The number of unbranched alkanes of at least 4 members (excludes halogenated alkanes) is 1. The molecule has 38 heavy (non-hydrogen) atoms. The van der Waals surface area contributed by atoms with Crippen LogP contribution >= 0.6 is 0 Å². The highest BCUT2D eigenvalue weighted by Crippen LogP contribution is 2.43. The third kappa shape index (κ3) is 8.08. The average Bonchev–Trinajstić information content (AvgIpc) is 2.90. The van der Waals surface area contributed by atoms with Crippen molar-refractivity contribution < 1.29 is 22.0 Å². The van der Waals surface area contributed by atoms with E-state index in [0.29, 0.717) is 5.56 Å². The maximum Gasteiger partial charge on any atom is 0.458 e. The normalized spacial score (nSPS) is 24.1. The summed E-state index contributed by atoms with van der Waals surface area (Å²) in [7, 11) is 0. The van der Waals surface area contributed by atoms with Crippen molar-refractivity contribution in [3.05, 3.63) is 59.2 Å². The third-order valence-corrected chi connectivity index (χ3v) is 8.92. The Morgan fingerprint density at radius 1 is 0.737 bits per heavy atom. The summed E-state index contributed by atoms with van der Waals surface area (Å²) in [6.07, 6.45) is 12.6. The Labute approximate surface area is 224 Å². The van der Waals surface area contributed by atoms with Gasteiger partial charge in [0.15, 0.2) is 0 Å². The van der Waals surface area contributed by atoms with Crippen LogP contribution in [0.25, 0.3) is 11.1 Å². The van der Waals surface area contributed by atoms with Gasteiger partial charge in [-0.1, -0.05) is 82.1 Å². The minimum absolute atomic E-state index is 0.279. The summed E-state index contributed by atoms with van der Waals surface area (Å²) in [6.45, 7) is 2.29. The molecule has 2 aliphatic carbocycles. The molecule has 2 aliphatic rings. The summed E-state index contributed by atoms with van der Waals surface area (Å²) in [4.78, 5) is 0. The molecule has 4 rings (SSSR count). The number of alkyl halides is 3. The molecule has 0 aromatic heterocycles. The molecule has 0 amide bonds. The van der Waals surface area contributed by atoms with Gasteiger partial charge in [0, 0.05) is 5.92 Å². The monoisotopic (exact) mass is 530 g/mol. The molecule has 0 bridgehead atoms. The number of hydrogen-bond donors (Lipinski definition) is 0. The molecule has 0 aliphatic heterocycles. The molecular formula is C33H39F5. The fourth-order valence-electron chi connectivity index (χ4n) is 6.62. The van der Waals surface area contributed by atoms with Gasteiger partial charge in [-0.05, 0) is 91.0 Å². The smallest absolute Gasteiger partial charge is 0.205 e. The minimum Gasteiger partial charge on any atom is -0.205 e. The summed E-state index contributed by atoms with van der Waals surface area (Å²) in [5.74, 6) is 3.90. The van der Waals surface area contributed by atoms with Crippen molar-refractivity contribution in [2.24, 2.45) is 23.7 Å². The van der Waals surface area contributed by atoms with Gasteiger partial charge in [0.1, 0.15) is 11.6 Å². The number of aryl methyl sites for hydroxylation is 1. The van der Waals surface area contributed by atoms with E-state index in [0.717, 1.165) is 54.6 Å². The number of halogens is 5. The van der Waals surface area contributed by atoms with Crippen molar-refractivity contribution in [1.82, 2.24) is 0 Å². The van der Waals surface area contributed by atoms with Gasteiger partial charge in [0.25, 0.3) is 0 Å². The Morgan fingerprint density at radius 3 is 1.76 bits per heavy atom. The van der Waals surface area contributed by atoms with Crippen LogP contribution < -0.4 is 0 Å². The summed E-state index contributed by atoms with van der Waals surface area (Å²) in [6, 6.07) is 9.66. The lowest BCUT2D eigenvalue weighted by atomic mass is 9.68. The predicted molar refractivity (Wildman–Crippen MR) is 143 cm³/mol. The lowest BCUT2D eigenvalue weighted by Gasteiger charge is -2.38. The highest BCUT2D eigenvalue weighted by atomic mass is 19.4. The van der Waals surface area contributed by atoms with Gasteiger partial charge in [0.05, 0.1) is 5.56 Å². The first-order chi connectivity index (χ1) is 18.2. The number of rotatable bonds is 8. The topological polar surface area (TPSA) is 0 Å². The van der Waals surface area contributed by atoms with E-state index in [9.17, 15) is 22.0 Å². The van der Waals surface area contributed by atoms with Crippen molar-refractivity contribution in [3.8, 4) is 23.0 Å². The van der Waals surface area contributed by atoms with Gasteiger partial charge in [0.2, 0.25) is 0 Å². The van der Waals surface area contributed by atoms with E-state index in [1.165, 1.54) is 76.2 Å². The van der Waals surface area contributed by atoms with Crippen LogP contribution in [0.4, 0.5) is 22.0 Å². The van der Waals surface area contributed by atoms with E-state index in [2.05, 4.69) is 6.92 Å². The minimum atomic E-state index is -4.81. The molecule has 0 nitrogen and oxygen atoms in total. The van der Waals surface area contributed by atoms with Gasteiger partial charge in [-0.15, -0.1) is 0 Å². The molecule has 2 aromatic rings. The second kappa shape index (κ2) is 13.1. The Morgan fingerprint density at radius 2 is 1.26 bits per heavy atom. The maximum absolute atomic E-state index is 14.3. The molecule has 0 atom stereocenters. The fraction of sp³-hybridized carbons (Fsp3) is 0.576. The van der Waals surface area contributed by atoms with E-state index in [1.54, 1.807) is 5.92 Å². The highest BCUT2D eigenvalue weighted by Gasteiger charge is 2.30. The summed E-state index contributed by atoms with van der Waals surface area (Å²) >= 11 is 0. The van der Waals surface area contributed by atoms with Crippen molar-refractivity contribution in [2.45, 2.75) is 96.6 Å². The second-order valence-electron chi connectivity index (χ2n) is 11.5. The number of hydrogen-bond acceptors (Lipinski definition) is 0. The van der Waals surface area contributed by atoms with Crippen LogP contribution in [0.15, 0.2) is 36.4 Å². The summed E-state index contributed by atoms with van der Waals surface area (Å²) < 4.78 is 65.4. The second-order valence-corrected chi connectivity index (χ2v) is 11.5. The first kappa shape index (κ1) is 28.7. The Kier molecular flexibility index (Phi) is 9.91. The lowest BCUT2D eigenvalue weighted by Crippen LogP contribution is -2.26. The molecule has 0 heterocycles. The van der Waals surface area contributed by atoms with E-state index in [-0.39, 0.29) is 5.56 Å². The van der Waals surface area contributed by atoms with Crippen LogP contribution in [0.1, 0.15) is 95.1 Å². The molecule has 5 heteroatoms. The Balaban J connectivity index is 1.24. The molecule has 0 saturated heterocycles. The first-order valence-electron chi connectivity index (χ1n) is 14.4. The maximum atomic E-state index is 14.3. The molecule has 0 radical (unpaired) electrons. The third-order valence-electron chi connectivity index (χ3n) is 8.92. The molecule has 2 aromatic carbocycles. The van der Waals surface area contributed by atoms with Crippen molar-refractivity contribution in [1.29, 1.82) is 0 Å². The molecule has 206 valence electrons. The number of benzene rings is 2. The Hall–Kier alpha value is -2.35. The van der Waals surface area contributed by atoms with Crippen molar-refractivity contribution >= 4 is 0 Å².